The predicted octanol–water partition coefficient (Wildman–Crippen LogP) is 4.25. The summed E-state index contributed by atoms with van der Waals surface area (Å²) in [5.41, 5.74) is 1.86. The van der Waals surface area contributed by atoms with Gasteiger partial charge in [0.1, 0.15) is 5.82 Å². The number of likely N-dealkylation sites (tertiary alicyclic amines) is 2. The van der Waals surface area contributed by atoms with Crippen LogP contribution in [-0.2, 0) is 0 Å². The van der Waals surface area contributed by atoms with Crippen molar-refractivity contribution in [3.63, 3.8) is 0 Å². The Balaban J connectivity index is 1.07. The van der Waals surface area contributed by atoms with Crippen LogP contribution in [0.5, 0.6) is 0 Å². The molecule has 3 heterocycles. The molecule has 6 rings (SSSR count). The predicted molar refractivity (Wildman–Crippen MR) is 127 cm³/mol. The lowest BCUT2D eigenvalue weighted by atomic mass is 10.0. The van der Waals surface area contributed by atoms with Gasteiger partial charge in [0.2, 0.25) is 0 Å². The number of halogens is 1. The fraction of sp³-hybridized carbons (Fsp3) is 0.385. The van der Waals surface area contributed by atoms with Crippen LogP contribution in [0, 0.1) is 5.82 Å². The normalized spacial score (nSPS) is 20.9. The van der Waals surface area contributed by atoms with E-state index in [1.807, 2.05) is 46.2 Å². The number of hydrogen-bond acceptors (Lipinski definition) is 4. The van der Waals surface area contributed by atoms with E-state index in [1.54, 1.807) is 6.07 Å². The molecular formula is C26H26FN3O2S. The minimum Gasteiger partial charge on any atom is -0.337 e. The maximum absolute atomic E-state index is 13.7. The summed E-state index contributed by atoms with van der Waals surface area (Å²) in [4.78, 5) is 30.5. The lowest BCUT2D eigenvalue weighted by Crippen LogP contribution is -2.62. The zero-order valence-electron chi connectivity index (χ0n) is 18.3. The Morgan fingerprint density at radius 2 is 1.67 bits per heavy atom. The smallest absolute Gasteiger partial charge is 0.264 e. The number of carbonyl (C=O) groups is 2. The van der Waals surface area contributed by atoms with E-state index >= 15 is 0 Å². The van der Waals surface area contributed by atoms with Crippen molar-refractivity contribution in [2.24, 2.45) is 0 Å². The molecule has 3 fully saturated rings. The summed E-state index contributed by atoms with van der Waals surface area (Å²) >= 11 is 1.43. The molecule has 2 amide bonds. The molecule has 5 nitrogen and oxygen atoms in total. The van der Waals surface area contributed by atoms with Gasteiger partial charge in [-0.05, 0) is 60.4 Å². The second-order valence-electron chi connectivity index (χ2n) is 9.44. The lowest BCUT2D eigenvalue weighted by Gasteiger charge is -2.41. The Labute approximate surface area is 196 Å². The van der Waals surface area contributed by atoms with Crippen molar-refractivity contribution < 1.29 is 14.0 Å². The number of hydrogen-bond donors (Lipinski definition) is 1. The minimum absolute atomic E-state index is 0.0730. The van der Waals surface area contributed by atoms with Gasteiger partial charge in [0.15, 0.2) is 0 Å². The molecule has 170 valence electrons. The summed E-state index contributed by atoms with van der Waals surface area (Å²) in [6.45, 7) is 2.80. The van der Waals surface area contributed by atoms with E-state index in [1.165, 1.54) is 17.4 Å². The zero-order chi connectivity index (χ0) is 22.5. The Bertz CT molecular complexity index is 1220. The number of fused-ring (bicyclic) bond motifs is 1. The van der Waals surface area contributed by atoms with Crippen molar-refractivity contribution in [1.29, 1.82) is 0 Å². The molecule has 3 aliphatic rings. The largest absolute Gasteiger partial charge is 0.337 e. The third kappa shape index (κ3) is 3.93. The van der Waals surface area contributed by atoms with Crippen LogP contribution in [0.4, 0.5) is 4.39 Å². The average Bonchev–Trinajstić information content (AvgIpc) is 3.40. The van der Waals surface area contributed by atoms with Crippen molar-refractivity contribution in [1.82, 2.24) is 15.1 Å². The van der Waals surface area contributed by atoms with Crippen LogP contribution in [0.15, 0.2) is 48.5 Å². The van der Waals surface area contributed by atoms with Gasteiger partial charge in [0.05, 0.1) is 4.88 Å². The second kappa shape index (κ2) is 8.22. The number of thiophene rings is 1. The summed E-state index contributed by atoms with van der Waals surface area (Å²) in [7, 11) is 0. The standard InChI is InChI=1S/C26H26FN3O2S/c27-18-8-9-21-22(12-18)33-24(23(21)16-6-7-16)26(32)30-14-20(15-30)28-19-10-11-29(13-19)25(31)17-4-2-1-3-5-17/h1-5,8-9,12,16,19-20,28H,6-7,10-11,13-15H2. The lowest BCUT2D eigenvalue weighted by molar-refractivity contribution is 0.0556. The first kappa shape index (κ1) is 20.8. The highest BCUT2D eigenvalue weighted by Gasteiger charge is 2.38. The summed E-state index contributed by atoms with van der Waals surface area (Å²) < 4.78 is 14.6. The molecule has 1 aliphatic carbocycles. The number of rotatable bonds is 5. The zero-order valence-corrected chi connectivity index (χ0v) is 19.1. The van der Waals surface area contributed by atoms with Gasteiger partial charge in [-0.15, -0.1) is 11.3 Å². The highest BCUT2D eigenvalue weighted by molar-refractivity contribution is 7.21. The van der Waals surface area contributed by atoms with Crippen molar-refractivity contribution >= 4 is 33.2 Å². The van der Waals surface area contributed by atoms with Crippen LogP contribution >= 0.6 is 11.3 Å². The van der Waals surface area contributed by atoms with Crippen molar-refractivity contribution in [3.05, 3.63) is 70.4 Å². The minimum atomic E-state index is -0.255. The molecule has 0 bridgehead atoms. The Kier molecular flexibility index (Phi) is 5.18. The van der Waals surface area contributed by atoms with Gasteiger partial charge in [-0.25, -0.2) is 4.39 Å². The number of nitrogens with one attached hydrogen (secondary N) is 1. The van der Waals surface area contributed by atoms with Gasteiger partial charge < -0.3 is 15.1 Å². The molecule has 3 aromatic rings. The van der Waals surface area contributed by atoms with Gasteiger partial charge in [-0.2, -0.15) is 0 Å². The molecule has 1 atom stereocenters. The average molecular weight is 464 g/mol. The second-order valence-corrected chi connectivity index (χ2v) is 10.5. The van der Waals surface area contributed by atoms with Gasteiger partial charge in [-0.3, -0.25) is 9.59 Å². The van der Waals surface area contributed by atoms with Gasteiger partial charge in [-0.1, -0.05) is 24.3 Å². The van der Waals surface area contributed by atoms with Gasteiger partial charge in [0, 0.05) is 48.5 Å². The highest BCUT2D eigenvalue weighted by Crippen LogP contribution is 2.48. The van der Waals surface area contributed by atoms with Crippen molar-refractivity contribution in [2.75, 3.05) is 26.2 Å². The molecular weight excluding hydrogens is 437 g/mol. The van der Waals surface area contributed by atoms with E-state index in [-0.39, 0.29) is 29.7 Å². The Morgan fingerprint density at radius 1 is 0.909 bits per heavy atom. The maximum atomic E-state index is 13.7. The van der Waals surface area contributed by atoms with Crippen LogP contribution < -0.4 is 5.32 Å². The van der Waals surface area contributed by atoms with Crippen LogP contribution in [-0.4, -0.2) is 59.9 Å². The van der Waals surface area contributed by atoms with E-state index in [4.69, 9.17) is 0 Å². The monoisotopic (exact) mass is 463 g/mol. The number of nitrogens with zero attached hydrogens (tertiary/aromatic N) is 2. The fourth-order valence-electron chi connectivity index (χ4n) is 5.10. The molecule has 7 heteroatoms. The SMILES string of the molecule is O=C(c1ccccc1)N1CCC(NC2CN(C(=O)c3sc4cc(F)ccc4c3C3CC3)C2)C1. The topological polar surface area (TPSA) is 52.7 Å². The summed E-state index contributed by atoms with van der Waals surface area (Å²) in [6.07, 6.45) is 3.14. The molecule has 1 unspecified atom stereocenters. The molecule has 2 aromatic carbocycles. The molecule has 0 radical (unpaired) electrons. The first-order valence-corrected chi connectivity index (χ1v) is 12.5. The highest BCUT2D eigenvalue weighted by atomic mass is 32.1. The molecule has 1 aromatic heterocycles. The summed E-state index contributed by atoms with van der Waals surface area (Å²) in [6, 6.07) is 14.8. The van der Waals surface area contributed by atoms with Crippen molar-refractivity contribution in [2.45, 2.75) is 37.3 Å². The Morgan fingerprint density at radius 3 is 2.42 bits per heavy atom. The quantitative estimate of drug-likeness (QED) is 0.616. The first-order chi connectivity index (χ1) is 16.1. The molecule has 0 spiro atoms. The van der Waals surface area contributed by atoms with E-state index < -0.39 is 0 Å². The van der Waals surface area contributed by atoms with Gasteiger partial charge in [0.25, 0.3) is 11.8 Å². The van der Waals surface area contributed by atoms with Crippen LogP contribution in [0.25, 0.3) is 10.1 Å². The first-order valence-electron chi connectivity index (χ1n) is 11.7. The molecule has 2 aliphatic heterocycles. The van der Waals surface area contributed by atoms with Crippen LogP contribution in [0.2, 0.25) is 0 Å². The van der Waals surface area contributed by atoms with Gasteiger partial charge >= 0.3 is 0 Å². The molecule has 1 N–H and O–H groups in total. The summed E-state index contributed by atoms with van der Waals surface area (Å²) in [5.74, 6) is 0.336. The molecule has 1 saturated carbocycles. The maximum Gasteiger partial charge on any atom is 0.264 e. The Hall–Kier alpha value is -2.77. The van der Waals surface area contributed by atoms with Crippen LogP contribution in [0.1, 0.15) is 50.8 Å². The van der Waals surface area contributed by atoms with E-state index in [0.717, 1.165) is 51.9 Å². The summed E-state index contributed by atoms with van der Waals surface area (Å²) in [5, 5.41) is 4.68. The van der Waals surface area contributed by atoms with E-state index in [0.29, 0.717) is 25.6 Å². The van der Waals surface area contributed by atoms with E-state index in [2.05, 4.69) is 5.32 Å². The van der Waals surface area contributed by atoms with Crippen molar-refractivity contribution in [3.8, 4) is 0 Å². The number of carbonyl (C=O) groups excluding carboxylic acids is 2. The number of benzene rings is 2. The molecule has 2 saturated heterocycles. The van der Waals surface area contributed by atoms with Crippen LogP contribution in [0.3, 0.4) is 0 Å². The number of amides is 2. The van der Waals surface area contributed by atoms with E-state index in [9.17, 15) is 14.0 Å². The molecule has 33 heavy (non-hydrogen) atoms. The third-order valence-electron chi connectivity index (χ3n) is 7.01. The third-order valence-corrected chi connectivity index (χ3v) is 8.16. The fourth-order valence-corrected chi connectivity index (χ4v) is 6.38.